The lowest BCUT2D eigenvalue weighted by atomic mass is 10.0. The highest BCUT2D eigenvalue weighted by Gasteiger charge is 2.28. The average molecular weight is 334 g/mol. The average Bonchev–Trinajstić information content (AvgIpc) is 2.63. The molecule has 2 aliphatic rings. The van der Waals surface area contributed by atoms with Crippen molar-refractivity contribution in [3.05, 3.63) is 35.9 Å². The number of benzene rings is 1. The molecule has 0 spiro atoms. The molecule has 2 fully saturated rings. The number of carbonyl (C=O) groups excluding carboxylic acids is 1. The van der Waals surface area contributed by atoms with Gasteiger partial charge in [0.05, 0.1) is 6.04 Å². The molecule has 1 atom stereocenters. The summed E-state index contributed by atoms with van der Waals surface area (Å²) in [6.45, 7) is 3.87. The summed E-state index contributed by atoms with van der Waals surface area (Å²) in [6.07, 6.45) is 3.00. The first-order chi connectivity index (χ1) is 11.3. The SMILES string of the molecule is O=C([C@H](Cc1ccccc1)NC1CCNCC1)N1CCSCC1. The molecule has 1 aromatic rings. The van der Waals surface area contributed by atoms with E-state index in [2.05, 4.69) is 39.8 Å². The van der Waals surface area contributed by atoms with E-state index < -0.39 is 0 Å². The first-order valence-electron chi connectivity index (χ1n) is 8.70. The molecule has 4 nitrogen and oxygen atoms in total. The fourth-order valence-corrected chi connectivity index (χ4v) is 4.25. The summed E-state index contributed by atoms with van der Waals surface area (Å²) in [5.74, 6) is 2.42. The molecule has 2 N–H and O–H groups in total. The van der Waals surface area contributed by atoms with Crippen LogP contribution in [0, 0.1) is 0 Å². The van der Waals surface area contributed by atoms with E-state index in [1.807, 2.05) is 17.8 Å². The molecule has 0 bridgehead atoms. The fraction of sp³-hybridized carbons (Fsp3) is 0.611. The molecule has 2 aliphatic heterocycles. The molecule has 2 heterocycles. The molecule has 0 saturated carbocycles. The zero-order valence-electron chi connectivity index (χ0n) is 13.7. The Morgan fingerprint density at radius 1 is 1.22 bits per heavy atom. The Kier molecular flexibility index (Phi) is 6.37. The van der Waals surface area contributed by atoms with Gasteiger partial charge in [-0.05, 0) is 37.9 Å². The Bertz CT molecular complexity index is 484. The number of hydrogen-bond acceptors (Lipinski definition) is 4. The summed E-state index contributed by atoms with van der Waals surface area (Å²) in [5, 5.41) is 7.06. The van der Waals surface area contributed by atoms with E-state index in [-0.39, 0.29) is 11.9 Å². The minimum absolute atomic E-state index is 0.0939. The highest BCUT2D eigenvalue weighted by atomic mass is 32.2. The summed E-state index contributed by atoms with van der Waals surface area (Å²) in [5.41, 5.74) is 1.23. The van der Waals surface area contributed by atoms with Crippen molar-refractivity contribution < 1.29 is 4.79 Å². The first-order valence-corrected chi connectivity index (χ1v) is 9.85. The second-order valence-corrected chi connectivity index (χ2v) is 7.60. The van der Waals surface area contributed by atoms with Gasteiger partial charge in [-0.3, -0.25) is 4.79 Å². The molecule has 5 heteroatoms. The van der Waals surface area contributed by atoms with E-state index in [9.17, 15) is 4.79 Å². The summed E-state index contributed by atoms with van der Waals surface area (Å²) in [7, 11) is 0. The van der Waals surface area contributed by atoms with Gasteiger partial charge in [-0.15, -0.1) is 0 Å². The molecule has 0 radical (unpaired) electrons. The highest BCUT2D eigenvalue weighted by Crippen LogP contribution is 2.14. The molecule has 0 unspecified atom stereocenters. The predicted molar refractivity (Wildman–Crippen MR) is 96.9 cm³/mol. The summed E-state index contributed by atoms with van der Waals surface area (Å²) >= 11 is 1.94. The molecule has 2 saturated heterocycles. The van der Waals surface area contributed by atoms with E-state index in [1.54, 1.807) is 0 Å². The van der Waals surface area contributed by atoms with Gasteiger partial charge in [0.1, 0.15) is 0 Å². The van der Waals surface area contributed by atoms with Gasteiger partial charge in [-0.25, -0.2) is 0 Å². The Hall–Kier alpha value is -1.04. The van der Waals surface area contributed by atoms with Crippen LogP contribution in [0.5, 0.6) is 0 Å². The van der Waals surface area contributed by atoms with Gasteiger partial charge in [0, 0.05) is 30.6 Å². The van der Waals surface area contributed by atoms with Gasteiger partial charge in [0.15, 0.2) is 0 Å². The second kappa shape index (κ2) is 8.71. The molecule has 1 amide bonds. The summed E-state index contributed by atoms with van der Waals surface area (Å²) in [6, 6.07) is 10.7. The molecular formula is C18H27N3OS. The molecular weight excluding hydrogens is 306 g/mol. The van der Waals surface area contributed by atoms with Crippen molar-refractivity contribution in [2.24, 2.45) is 0 Å². The number of piperidine rings is 1. The molecule has 3 rings (SSSR count). The van der Waals surface area contributed by atoms with Crippen LogP contribution in [0.3, 0.4) is 0 Å². The highest BCUT2D eigenvalue weighted by molar-refractivity contribution is 7.99. The van der Waals surface area contributed by atoms with Crippen LogP contribution in [0.25, 0.3) is 0 Å². The van der Waals surface area contributed by atoms with Crippen LogP contribution in [-0.4, -0.2) is 60.6 Å². The quantitative estimate of drug-likeness (QED) is 0.857. The lowest BCUT2D eigenvalue weighted by molar-refractivity contribution is -0.133. The van der Waals surface area contributed by atoms with Gasteiger partial charge < -0.3 is 15.5 Å². The van der Waals surface area contributed by atoms with Crippen molar-refractivity contribution >= 4 is 17.7 Å². The third-order valence-corrected chi connectivity index (χ3v) is 5.62. The zero-order chi connectivity index (χ0) is 15.9. The number of amides is 1. The summed E-state index contributed by atoms with van der Waals surface area (Å²) in [4.78, 5) is 15.1. The van der Waals surface area contributed by atoms with Crippen LogP contribution in [-0.2, 0) is 11.2 Å². The first kappa shape index (κ1) is 16.8. The smallest absolute Gasteiger partial charge is 0.240 e. The second-order valence-electron chi connectivity index (χ2n) is 6.37. The Morgan fingerprint density at radius 2 is 1.91 bits per heavy atom. The molecule has 0 aliphatic carbocycles. The topological polar surface area (TPSA) is 44.4 Å². The lowest BCUT2D eigenvalue weighted by Gasteiger charge is -2.33. The van der Waals surface area contributed by atoms with Crippen molar-refractivity contribution in [1.29, 1.82) is 0 Å². The van der Waals surface area contributed by atoms with Gasteiger partial charge >= 0.3 is 0 Å². The zero-order valence-corrected chi connectivity index (χ0v) is 14.5. The van der Waals surface area contributed by atoms with Crippen molar-refractivity contribution in [1.82, 2.24) is 15.5 Å². The van der Waals surface area contributed by atoms with Gasteiger partial charge in [-0.2, -0.15) is 11.8 Å². The van der Waals surface area contributed by atoms with Crippen molar-refractivity contribution in [3.8, 4) is 0 Å². The fourth-order valence-electron chi connectivity index (χ4n) is 3.34. The van der Waals surface area contributed by atoms with Crippen molar-refractivity contribution in [2.45, 2.75) is 31.3 Å². The summed E-state index contributed by atoms with van der Waals surface area (Å²) < 4.78 is 0. The Labute approximate surface area is 143 Å². The monoisotopic (exact) mass is 333 g/mol. The van der Waals surface area contributed by atoms with Crippen molar-refractivity contribution in [2.75, 3.05) is 37.7 Å². The van der Waals surface area contributed by atoms with Crippen LogP contribution in [0.1, 0.15) is 18.4 Å². The van der Waals surface area contributed by atoms with Crippen LogP contribution >= 0.6 is 11.8 Å². The van der Waals surface area contributed by atoms with Crippen molar-refractivity contribution in [3.63, 3.8) is 0 Å². The predicted octanol–water partition coefficient (Wildman–Crippen LogP) is 1.51. The van der Waals surface area contributed by atoms with Crippen LogP contribution < -0.4 is 10.6 Å². The number of rotatable bonds is 5. The molecule has 1 aromatic carbocycles. The maximum Gasteiger partial charge on any atom is 0.240 e. The van der Waals surface area contributed by atoms with E-state index in [4.69, 9.17) is 0 Å². The normalized spacial score (nSPS) is 21.1. The number of thioether (sulfide) groups is 1. The number of carbonyl (C=O) groups is 1. The van der Waals surface area contributed by atoms with Gasteiger partial charge in [0.2, 0.25) is 5.91 Å². The Balaban J connectivity index is 1.67. The maximum absolute atomic E-state index is 13.0. The minimum atomic E-state index is -0.0939. The third kappa shape index (κ3) is 4.96. The van der Waals surface area contributed by atoms with E-state index >= 15 is 0 Å². The van der Waals surface area contributed by atoms with E-state index in [1.165, 1.54) is 5.56 Å². The third-order valence-electron chi connectivity index (χ3n) is 4.68. The number of nitrogens with zero attached hydrogens (tertiary/aromatic N) is 1. The van der Waals surface area contributed by atoms with E-state index in [0.717, 1.165) is 56.9 Å². The lowest BCUT2D eigenvalue weighted by Crippen LogP contribution is -2.54. The minimum Gasteiger partial charge on any atom is -0.340 e. The van der Waals surface area contributed by atoms with Gasteiger partial charge in [0.25, 0.3) is 0 Å². The van der Waals surface area contributed by atoms with E-state index in [0.29, 0.717) is 6.04 Å². The number of hydrogen-bond donors (Lipinski definition) is 2. The van der Waals surface area contributed by atoms with Gasteiger partial charge in [-0.1, -0.05) is 30.3 Å². The van der Waals surface area contributed by atoms with Crippen LogP contribution in [0.15, 0.2) is 30.3 Å². The van der Waals surface area contributed by atoms with Crippen LogP contribution in [0.2, 0.25) is 0 Å². The molecule has 0 aromatic heterocycles. The Morgan fingerprint density at radius 3 is 2.61 bits per heavy atom. The van der Waals surface area contributed by atoms with Crippen LogP contribution in [0.4, 0.5) is 0 Å². The largest absolute Gasteiger partial charge is 0.340 e. The molecule has 23 heavy (non-hydrogen) atoms. The molecule has 126 valence electrons. The number of nitrogens with one attached hydrogen (secondary N) is 2. The maximum atomic E-state index is 13.0. The standard InChI is InChI=1S/C18H27N3OS/c22-18(21-10-12-23-13-11-21)17(14-15-4-2-1-3-5-15)20-16-6-8-19-9-7-16/h1-5,16-17,19-20H,6-14H2/t17-/m0/s1.